The van der Waals surface area contributed by atoms with Gasteiger partial charge in [-0.2, -0.15) is 0 Å². The zero-order valence-corrected chi connectivity index (χ0v) is 19.7. The molecule has 0 aromatic rings. The van der Waals surface area contributed by atoms with Crippen molar-refractivity contribution in [2.75, 3.05) is 0 Å². The summed E-state index contributed by atoms with van der Waals surface area (Å²) in [5, 5.41) is 31.5. The number of hydrogen-bond acceptors (Lipinski definition) is 3. The first-order valence-electron chi connectivity index (χ1n) is 12.5. The smallest absolute Gasteiger partial charge is 0.0751 e. The second-order valence-electron chi connectivity index (χ2n) is 12.0. The van der Waals surface area contributed by atoms with Crippen LogP contribution in [-0.4, -0.2) is 33.6 Å². The van der Waals surface area contributed by atoms with Crippen LogP contribution in [0.4, 0.5) is 0 Å². The van der Waals surface area contributed by atoms with E-state index in [2.05, 4.69) is 46.8 Å². The molecule has 170 valence electrons. The van der Waals surface area contributed by atoms with E-state index in [4.69, 9.17) is 0 Å². The summed E-state index contributed by atoms with van der Waals surface area (Å²) in [7, 11) is 0. The van der Waals surface area contributed by atoms with Gasteiger partial charge in [0.15, 0.2) is 0 Å². The van der Waals surface area contributed by atoms with Crippen molar-refractivity contribution in [2.45, 2.75) is 97.9 Å². The van der Waals surface area contributed by atoms with Crippen molar-refractivity contribution in [1.82, 2.24) is 0 Å². The van der Waals surface area contributed by atoms with Crippen LogP contribution in [0.25, 0.3) is 0 Å². The van der Waals surface area contributed by atoms with E-state index in [-0.39, 0.29) is 11.5 Å². The highest BCUT2D eigenvalue weighted by molar-refractivity contribution is 5.38. The van der Waals surface area contributed by atoms with Gasteiger partial charge in [0.25, 0.3) is 0 Å². The third kappa shape index (κ3) is 3.44. The van der Waals surface area contributed by atoms with Crippen molar-refractivity contribution in [3.8, 4) is 0 Å². The average Bonchev–Trinajstić information content (AvgIpc) is 3.04. The van der Waals surface area contributed by atoms with Crippen molar-refractivity contribution < 1.29 is 15.3 Å². The molecule has 0 aromatic heterocycles. The van der Waals surface area contributed by atoms with Crippen LogP contribution in [0.1, 0.15) is 79.6 Å². The first kappa shape index (κ1) is 22.6. The lowest BCUT2D eigenvalue weighted by Gasteiger charge is -2.58. The summed E-state index contributed by atoms with van der Waals surface area (Å²) in [5.41, 5.74) is 1.30. The fourth-order valence-electron chi connectivity index (χ4n) is 8.14. The molecule has 3 N–H and O–H groups in total. The summed E-state index contributed by atoms with van der Waals surface area (Å²) in [4.78, 5) is 0. The molecule has 3 heteroatoms. The minimum atomic E-state index is -0.518. The van der Waals surface area contributed by atoms with Gasteiger partial charge in [-0.1, -0.05) is 52.8 Å². The molecule has 0 saturated heterocycles. The maximum atomic E-state index is 11.0. The van der Waals surface area contributed by atoms with E-state index in [0.29, 0.717) is 41.4 Å². The molecule has 0 heterocycles. The molecule has 0 bridgehead atoms. The van der Waals surface area contributed by atoms with E-state index in [1.807, 2.05) is 6.08 Å². The van der Waals surface area contributed by atoms with Gasteiger partial charge < -0.3 is 15.3 Å². The van der Waals surface area contributed by atoms with Gasteiger partial charge in [0.1, 0.15) is 0 Å². The van der Waals surface area contributed by atoms with Gasteiger partial charge in [-0.05, 0) is 85.0 Å². The van der Waals surface area contributed by atoms with Crippen LogP contribution >= 0.6 is 0 Å². The highest BCUT2D eigenvalue weighted by Crippen LogP contribution is 2.66. The molecule has 3 nitrogen and oxygen atoms in total. The lowest BCUT2D eigenvalue weighted by molar-refractivity contribution is -0.0808. The van der Waals surface area contributed by atoms with Crippen LogP contribution < -0.4 is 0 Å². The fourth-order valence-corrected chi connectivity index (χ4v) is 8.14. The Hall–Kier alpha value is -0.640. The standard InChI is InChI=1S/C27H44O3/c1-16(2)24(29)11-6-17(3)21-9-10-22-20-8-7-18-14-19(28)15-25(30)27(18,5)23(20)12-13-26(21,22)4/h7-8,14,16-17,19-25,28-30H,6,9-13,15H2,1-5H3/t17-,19-,20+,21-,22+,23+,24+,25+,26-,27+/m1/s1. The Balaban J connectivity index is 1.54. The molecule has 0 aliphatic heterocycles. The number of allylic oxidation sites excluding steroid dienone is 2. The van der Waals surface area contributed by atoms with Crippen molar-refractivity contribution in [3.63, 3.8) is 0 Å². The highest BCUT2D eigenvalue weighted by atomic mass is 16.3. The number of aliphatic hydroxyl groups excluding tert-OH is 3. The van der Waals surface area contributed by atoms with Crippen LogP contribution in [0.3, 0.4) is 0 Å². The third-order valence-corrected chi connectivity index (χ3v) is 10.2. The number of aliphatic hydroxyl groups is 3. The summed E-state index contributed by atoms with van der Waals surface area (Å²) in [6.45, 7) is 11.4. The van der Waals surface area contributed by atoms with Gasteiger partial charge in [0.05, 0.1) is 18.3 Å². The van der Waals surface area contributed by atoms with Crippen LogP contribution in [0.15, 0.2) is 23.8 Å². The Labute approximate surface area is 183 Å². The predicted molar refractivity (Wildman–Crippen MR) is 122 cm³/mol. The summed E-state index contributed by atoms with van der Waals surface area (Å²) in [6.07, 6.45) is 13.0. The molecule has 30 heavy (non-hydrogen) atoms. The van der Waals surface area contributed by atoms with Gasteiger partial charge in [-0.25, -0.2) is 0 Å². The van der Waals surface area contributed by atoms with E-state index in [0.717, 1.165) is 24.3 Å². The molecular formula is C27H44O3. The van der Waals surface area contributed by atoms with Gasteiger partial charge >= 0.3 is 0 Å². The van der Waals surface area contributed by atoms with Crippen LogP contribution in [0, 0.1) is 46.3 Å². The van der Waals surface area contributed by atoms with E-state index >= 15 is 0 Å². The molecule has 2 fully saturated rings. The van der Waals surface area contributed by atoms with E-state index in [1.165, 1.54) is 25.7 Å². The average molecular weight is 417 g/mol. The van der Waals surface area contributed by atoms with Gasteiger partial charge in [-0.3, -0.25) is 0 Å². The minimum absolute atomic E-state index is 0.178. The zero-order chi connectivity index (χ0) is 21.8. The molecule has 0 unspecified atom stereocenters. The summed E-state index contributed by atoms with van der Waals surface area (Å²) in [5.74, 6) is 3.43. The second kappa shape index (κ2) is 8.05. The lowest BCUT2D eigenvalue weighted by atomic mass is 9.47. The number of fused-ring (bicyclic) bond motifs is 5. The maximum absolute atomic E-state index is 11.0. The Kier molecular flexibility index (Phi) is 6.05. The maximum Gasteiger partial charge on any atom is 0.0751 e. The van der Waals surface area contributed by atoms with Gasteiger partial charge in [-0.15, -0.1) is 0 Å². The molecule has 2 saturated carbocycles. The van der Waals surface area contributed by atoms with Crippen LogP contribution in [-0.2, 0) is 0 Å². The monoisotopic (exact) mass is 416 g/mol. The van der Waals surface area contributed by atoms with Crippen molar-refractivity contribution in [2.24, 2.45) is 46.3 Å². The quantitative estimate of drug-likeness (QED) is 0.584. The van der Waals surface area contributed by atoms with Crippen molar-refractivity contribution in [1.29, 1.82) is 0 Å². The van der Waals surface area contributed by atoms with Crippen LogP contribution in [0.5, 0.6) is 0 Å². The summed E-state index contributed by atoms with van der Waals surface area (Å²) >= 11 is 0. The first-order valence-corrected chi connectivity index (χ1v) is 12.5. The summed E-state index contributed by atoms with van der Waals surface area (Å²) < 4.78 is 0. The van der Waals surface area contributed by atoms with E-state index < -0.39 is 12.2 Å². The lowest BCUT2D eigenvalue weighted by Crippen LogP contribution is -2.54. The zero-order valence-electron chi connectivity index (χ0n) is 19.7. The molecule has 0 radical (unpaired) electrons. The molecule has 4 aliphatic rings. The Morgan fingerprint density at radius 3 is 2.47 bits per heavy atom. The van der Waals surface area contributed by atoms with Gasteiger partial charge in [0, 0.05) is 11.8 Å². The molecule has 0 spiro atoms. The van der Waals surface area contributed by atoms with Gasteiger partial charge in [0.2, 0.25) is 0 Å². The molecule has 0 amide bonds. The molecule has 4 aliphatic carbocycles. The Morgan fingerprint density at radius 1 is 1.03 bits per heavy atom. The molecule has 4 rings (SSSR count). The Bertz CT molecular complexity index is 696. The topological polar surface area (TPSA) is 60.7 Å². The molecule has 10 atom stereocenters. The van der Waals surface area contributed by atoms with Crippen molar-refractivity contribution in [3.05, 3.63) is 23.8 Å². The largest absolute Gasteiger partial charge is 0.393 e. The fraction of sp³-hybridized carbons (Fsp3) is 0.852. The molecular weight excluding hydrogens is 372 g/mol. The van der Waals surface area contributed by atoms with Crippen LogP contribution in [0.2, 0.25) is 0 Å². The second-order valence-corrected chi connectivity index (χ2v) is 12.0. The number of rotatable bonds is 5. The minimum Gasteiger partial charge on any atom is -0.393 e. The SMILES string of the molecule is CC(C)[C@@H](O)CC[C@@H](C)[C@H]1CC[C@H]2[C@@H]3C=CC4=C[C@@H](O)C[C@H](O)[C@]4(C)[C@H]3CC[C@]12C. The van der Waals surface area contributed by atoms with E-state index in [9.17, 15) is 15.3 Å². The van der Waals surface area contributed by atoms with Crippen molar-refractivity contribution >= 4 is 0 Å². The van der Waals surface area contributed by atoms with E-state index in [1.54, 1.807) is 0 Å². The highest BCUT2D eigenvalue weighted by Gasteiger charge is 2.60. The summed E-state index contributed by atoms with van der Waals surface area (Å²) in [6, 6.07) is 0. The molecule has 0 aromatic carbocycles. The Morgan fingerprint density at radius 2 is 1.77 bits per heavy atom. The normalized spacial score (nSPS) is 47.3. The third-order valence-electron chi connectivity index (χ3n) is 10.2. The first-order chi connectivity index (χ1) is 14.1. The predicted octanol–water partition coefficient (Wildman–Crippen LogP) is 5.11. The number of hydrogen-bond donors (Lipinski definition) is 3.